The molecule has 0 aliphatic rings. The Morgan fingerprint density at radius 2 is 2.04 bits per heavy atom. The van der Waals surface area contributed by atoms with E-state index < -0.39 is 0 Å². The van der Waals surface area contributed by atoms with Crippen molar-refractivity contribution in [2.45, 2.75) is 53.0 Å². The Morgan fingerprint density at radius 1 is 1.33 bits per heavy atom. The molecule has 1 atom stereocenters. The van der Waals surface area contributed by atoms with Gasteiger partial charge in [-0.2, -0.15) is 5.10 Å². The molecular weight excluding hydrogens is 308 g/mol. The molecular formula is C17H24N4O3. The van der Waals surface area contributed by atoms with Crippen LogP contribution in [0.1, 0.15) is 42.4 Å². The highest BCUT2D eigenvalue weighted by atomic mass is 16.5. The highest BCUT2D eigenvalue weighted by Crippen LogP contribution is 2.17. The van der Waals surface area contributed by atoms with Crippen molar-refractivity contribution in [1.82, 2.24) is 19.9 Å². The topological polar surface area (TPSA) is 85.6 Å². The molecule has 0 aliphatic carbocycles. The normalized spacial score (nSPS) is 12.2. The third kappa shape index (κ3) is 4.10. The summed E-state index contributed by atoms with van der Waals surface area (Å²) < 4.78 is 6.41. The minimum absolute atomic E-state index is 0.0954. The number of aryl methyl sites for hydroxylation is 3. The van der Waals surface area contributed by atoms with Gasteiger partial charge in [0.25, 0.3) is 0 Å². The quantitative estimate of drug-likeness (QED) is 0.813. The van der Waals surface area contributed by atoms with Gasteiger partial charge in [-0.05, 0) is 39.7 Å². The van der Waals surface area contributed by atoms with Gasteiger partial charge < -0.3 is 10.1 Å². The Bertz CT molecular complexity index is 767. The predicted molar refractivity (Wildman–Crippen MR) is 89.8 cm³/mol. The Morgan fingerprint density at radius 3 is 2.71 bits per heavy atom. The van der Waals surface area contributed by atoms with Gasteiger partial charge >= 0.3 is 5.97 Å². The van der Waals surface area contributed by atoms with Crippen molar-refractivity contribution < 1.29 is 14.3 Å². The van der Waals surface area contributed by atoms with Crippen LogP contribution < -0.4 is 5.32 Å². The number of nitrogens with one attached hydrogen (secondary N) is 1. The fourth-order valence-corrected chi connectivity index (χ4v) is 2.77. The van der Waals surface area contributed by atoms with Gasteiger partial charge in [0.15, 0.2) is 5.65 Å². The van der Waals surface area contributed by atoms with Crippen LogP contribution in [-0.2, 0) is 20.7 Å². The first-order valence-corrected chi connectivity index (χ1v) is 8.00. The molecule has 0 bridgehead atoms. The molecule has 0 spiro atoms. The van der Waals surface area contributed by atoms with E-state index in [9.17, 15) is 9.59 Å². The highest BCUT2D eigenvalue weighted by Gasteiger charge is 2.15. The summed E-state index contributed by atoms with van der Waals surface area (Å²) in [6.45, 7) is 7.65. The summed E-state index contributed by atoms with van der Waals surface area (Å²) in [4.78, 5) is 27.8. The lowest BCUT2D eigenvalue weighted by Crippen LogP contribution is -2.34. The van der Waals surface area contributed by atoms with Crippen LogP contribution in [0.2, 0.25) is 0 Å². The minimum atomic E-state index is -0.335. The Kier molecular flexibility index (Phi) is 5.54. The van der Waals surface area contributed by atoms with Crippen LogP contribution in [0.4, 0.5) is 0 Å². The van der Waals surface area contributed by atoms with Gasteiger partial charge in [0.2, 0.25) is 5.91 Å². The molecule has 2 rings (SSSR count). The van der Waals surface area contributed by atoms with Crippen molar-refractivity contribution in [3.63, 3.8) is 0 Å². The van der Waals surface area contributed by atoms with Gasteiger partial charge in [-0.1, -0.05) is 0 Å². The van der Waals surface area contributed by atoms with E-state index in [1.54, 1.807) is 6.92 Å². The van der Waals surface area contributed by atoms with E-state index in [2.05, 4.69) is 20.1 Å². The molecule has 0 saturated heterocycles. The maximum absolute atomic E-state index is 12.1. The molecule has 0 radical (unpaired) electrons. The summed E-state index contributed by atoms with van der Waals surface area (Å²) in [5.41, 5.74) is 4.68. The Hall–Kier alpha value is -2.44. The van der Waals surface area contributed by atoms with Gasteiger partial charge in [-0.15, -0.1) is 0 Å². The molecule has 1 amide bonds. The molecule has 0 aliphatic heterocycles. The molecule has 24 heavy (non-hydrogen) atoms. The van der Waals surface area contributed by atoms with Crippen LogP contribution in [0.3, 0.4) is 0 Å². The summed E-state index contributed by atoms with van der Waals surface area (Å²) in [5, 5.41) is 7.25. The number of fused-ring (bicyclic) bond motifs is 1. The smallest absolute Gasteiger partial charge is 0.307 e. The Labute approximate surface area is 141 Å². The molecule has 0 saturated carbocycles. The van der Waals surface area contributed by atoms with Crippen LogP contribution in [0.25, 0.3) is 5.65 Å². The maximum atomic E-state index is 12.1. The predicted octanol–water partition coefficient (Wildman–Crippen LogP) is 1.65. The number of carbonyl (C=O) groups is 2. The second kappa shape index (κ2) is 7.42. The fourth-order valence-electron chi connectivity index (χ4n) is 2.77. The Balaban J connectivity index is 2.02. The van der Waals surface area contributed by atoms with Gasteiger partial charge in [0.05, 0.1) is 19.2 Å². The van der Waals surface area contributed by atoms with Crippen molar-refractivity contribution in [3.8, 4) is 0 Å². The summed E-state index contributed by atoms with van der Waals surface area (Å²) in [7, 11) is 1.34. The third-order valence-corrected chi connectivity index (χ3v) is 4.00. The summed E-state index contributed by atoms with van der Waals surface area (Å²) in [5.74, 6) is -0.430. The van der Waals surface area contributed by atoms with Crippen molar-refractivity contribution >= 4 is 17.5 Å². The molecule has 1 N–H and O–H groups in total. The first-order valence-electron chi connectivity index (χ1n) is 8.00. The summed E-state index contributed by atoms with van der Waals surface area (Å²) in [6.07, 6.45) is 1.08. The number of methoxy groups -OCH3 is 1. The lowest BCUT2D eigenvalue weighted by atomic mass is 10.1. The fraction of sp³-hybridized carbons (Fsp3) is 0.529. The number of hydrogen-bond donors (Lipinski definition) is 1. The van der Waals surface area contributed by atoms with Crippen LogP contribution in [0.15, 0.2) is 6.07 Å². The van der Waals surface area contributed by atoms with Gasteiger partial charge in [-0.25, -0.2) is 9.50 Å². The van der Waals surface area contributed by atoms with E-state index in [0.717, 1.165) is 28.3 Å². The molecule has 2 aromatic heterocycles. The average molecular weight is 332 g/mol. The molecule has 7 nitrogen and oxygen atoms in total. The average Bonchev–Trinajstić information content (AvgIpc) is 2.87. The SMILES string of the molecule is COC(=O)C[C@H](C)NC(=O)CCc1c(C)nc2cc(C)nn2c1C. The zero-order valence-electron chi connectivity index (χ0n) is 14.8. The third-order valence-electron chi connectivity index (χ3n) is 4.00. The molecule has 2 aromatic rings. The second-order valence-corrected chi connectivity index (χ2v) is 6.07. The first kappa shape index (κ1) is 17.9. The van der Waals surface area contributed by atoms with Crippen LogP contribution >= 0.6 is 0 Å². The van der Waals surface area contributed by atoms with Crippen LogP contribution in [0, 0.1) is 20.8 Å². The number of esters is 1. The van der Waals surface area contributed by atoms with E-state index in [1.165, 1.54) is 7.11 Å². The zero-order valence-corrected chi connectivity index (χ0v) is 14.8. The first-order chi connectivity index (χ1) is 11.3. The van der Waals surface area contributed by atoms with Gasteiger partial charge in [-0.3, -0.25) is 9.59 Å². The lowest BCUT2D eigenvalue weighted by molar-refractivity contribution is -0.141. The molecule has 0 aromatic carbocycles. The molecule has 7 heteroatoms. The number of rotatable bonds is 6. The maximum Gasteiger partial charge on any atom is 0.307 e. The molecule has 0 fully saturated rings. The standard InChI is InChI=1S/C17H24N4O3/c1-10(9-17(23)24-5)18-16(22)7-6-14-12(3)19-15-8-11(2)20-21(15)13(14)4/h8,10H,6-7,9H2,1-5H3,(H,18,22)/t10-/m0/s1. The summed E-state index contributed by atoms with van der Waals surface area (Å²) >= 11 is 0. The van der Waals surface area contributed by atoms with E-state index in [4.69, 9.17) is 0 Å². The number of amides is 1. The highest BCUT2D eigenvalue weighted by molar-refractivity contribution is 5.78. The van der Waals surface area contributed by atoms with E-state index in [1.807, 2.05) is 31.4 Å². The summed E-state index contributed by atoms with van der Waals surface area (Å²) in [6, 6.07) is 1.69. The van der Waals surface area contributed by atoms with Gasteiger partial charge in [0, 0.05) is 29.9 Å². The number of nitrogens with zero attached hydrogens (tertiary/aromatic N) is 3. The number of hydrogen-bond acceptors (Lipinski definition) is 5. The zero-order chi connectivity index (χ0) is 17.9. The number of aromatic nitrogens is 3. The van der Waals surface area contributed by atoms with E-state index >= 15 is 0 Å². The van der Waals surface area contributed by atoms with Gasteiger partial charge in [0.1, 0.15) is 0 Å². The van der Waals surface area contributed by atoms with Crippen molar-refractivity contribution in [1.29, 1.82) is 0 Å². The molecule has 130 valence electrons. The van der Waals surface area contributed by atoms with E-state index in [0.29, 0.717) is 12.8 Å². The second-order valence-electron chi connectivity index (χ2n) is 6.07. The van der Waals surface area contributed by atoms with Crippen LogP contribution in [0.5, 0.6) is 0 Å². The molecule has 2 heterocycles. The molecule has 0 unspecified atom stereocenters. The largest absolute Gasteiger partial charge is 0.469 e. The monoisotopic (exact) mass is 332 g/mol. The van der Waals surface area contributed by atoms with E-state index in [-0.39, 0.29) is 24.3 Å². The van der Waals surface area contributed by atoms with Crippen molar-refractivity contribution in [3.05, 3.63) is 28.7 Å². The number of carbonyl (C=O) groups excluding carboxylic acids is 2. The van der Waals surface area contributed by atoms with Crippen molar-refractivity contribution in [2.24, 2.45) is 0 Å². The van der Waals surface area contributed by atoms with Crippen molar-refractivity contribution in [2.75, 3.05) is 7.11 Å². The van der Waals surface area contributed by atoms with Crippen LogP contribution in [-0.4, -0.2) is 39.6 Å². The lowest BCUT2D eigenvalue weighted by Gasteiger charge is -2.14. The number of ether oxygens (including phenoxy) is 1. The minimum Gasteiger partial charge on any atom is -0.469 e.